The average molecular weight is 483 g/mol. The van der Waals surface area contributed by atoms with Crippen LogP contribution in [0.3, 0.4) is 0 Å². The highest BCUT2D eigenvalue weighted by Crippen LogP contribution is 2.69. The van der Waals surface area contributed by atoms with Crippen molar-refractivity contribution >= 4 is 10.8 Å². The number of pyridine rings is 1. The Balaban J connectivity index is 1.13. The van der Waals surface area contributed by atoms with Crippen molar-refractivity contribution in [2.45, 2.75) is 94.0 Å². The Morgan fingerprint density at radius 2 is 1.94 bits per heavy atom. The molecule has 1 N–H and O–H groups in total. The molecule has 2 saturated carbocycles. The maximum Gasteiger partial charge on any atom is 0.0974 e. The highest BCUT2D eigenvalue weighted by atomic mass is 16.5. The number of benzene rings is 1. The van der Waals surface area contributed by atoms with Crippen LogP contribution in [0.4, 0.5) is 0 Å². The molecule has 2 aromatic rings. The van der Waals surface area contributed by atoms with Gasteiger partial charge in [-0.25, -0.2) is 0 Å². The first kappa shape index (κ1) is 22.0. The highest BCUT2D eigenvalue weighted by molar-refractivity contribution is 5.82. The van der Waals surface area contributed by atoms with E-state index >= 15 is 0 Å². The zero-order valence-electron chi connectivity index (χ0n) is 21.7. The lowest BCUT2D eigenvalue weighted by molar-refractivity contribution is -0.157. The summed E-state index contributed by atoms with van der Waals surface area (Å²) >= 11 is 0. The largest absolute Gasteiger partial charge is 0.388 e. The van der Waals surface area contributed by atoms with Gasteiger partial charge in [-0.2, -0.15) is 0 Å². The van der Waals surface area contributed by atoms with Crippen LogP contribution < -0.4 is 0 Å². The number of fused-ring (bicyclic) bond motifs is 2. The molecule has 3 aliphatic carbocycles. The summed E-state index contributed by atoms with van der Waals surface area (Å²) in [4.78, 5) is 6.89. The van der Waals surface area contributed by atoms with Gasteiger partial charge in [-0.1, -0.05) is 31.2 Å². The zero-order chi connectivity index (χ0) is 24.3. The van der Waals surface area contributed by atoms with Crippen molar-refractivity contribution in [2.75, 3.05) is 13.1 Å². The predicted octanol–water partition coefficient (Wildman–Crippen LogP) is 5.91. The minimum absolute atomic E-state index is 0.0767. The molecule has 4 fully saturated rings. The van der Waals surface area contributed by atoms with Gasteiger partial charge >= 0.3 is 0 Å². The monoisotopic (exact) mass is 482 g/mol. The molecular formula is C32H38N2O2. The van der Waals surface area contributed by atoms with Crippen LogP contribution in [-0.2, 0) is 4.74 Å². The normalized spacial score (nSPS) is 42.7. The maximum atomic E-state index is 10.3. The number of nitrogens with zero attached hydrogens (tertiary/aromatic N) is 2. The lowest BCUT2D eigenvalue weighted by atomic mass is 9.58. The van der Waals surface area contributed by atoms with Gasteiger partial charge < -0.3 is 9.84 Å². The number of hydrogen-bond acceptors (Lipinski definition) is 4. The molecule has 6 unspecified atom stereocenters. The molecule has 2 saturated heterocycles. The Bertz CT molecular complexity index is 1320. The summed E-state index contributed by atoms with van der Waals surface area (Å²) in [5.41, 5.74) is 4.08. The molecule has 2 spiro atoms. The Morgan fingerprint density at radius 3 is 2.81 bits per heavy atom. The van der Waals surface area contributed by atoms with E-state index in [1.54, 1.807) is 5.57 Å². The lowest BCUT2D eigenvalue weighted by Crippen LogP contribution is -2.65. The molecule has 1 aromatic carbocycles. The number of ether oxygens (including phenoxy) is 1. The van der Waals surface area contributed by atoms with Crippen LogP contribution >= 0.6 is 0 Å². The molecule has 2 bridgehead atoms. The molecule has 3 aliphatic heterocycles. The summed E-state index contributed by atoms with van der Waals surface area (Å²) in [6.07, 6.45) is 18.5. The Morgan fingerprint density at radius 1 is 1.06 bits per heavy atom. The summed E-state index contributed by atoms with van der Waals surface area (Å²) in [7, 11) is 0. The Hall–Kier alpha value is -2.01. The third-order valence-electron chi connectivity index (χ3n) is 11.3. The van der Waals surface area contributed by atoms with Gasteiger partial charge in [0.05, 0.1) is 16.8 Å². The number of aliphatic hydroxyl groups is 1. The SMILES string of the molecule is CC1(O)CN(C2CCC3=CC4=CCC5(C)C(c6ccc7ccncc7c6)CCC5C45CCC3(C2)O5)C1. The quantitative estimate of drug-likeness (QED) is 0.578. The van der Waals surface area contributed by atoms with Crippen LogP contribution in [0.2, 0.25) is 0 Å². The number of aromatic nitrogens is 1. The van der Waals surface area contributed by atoms with E-state index in [4.69, 9.17) is 4.74 Å². The summed E-state index contributed by atoms with van der Waals surface area (Å²) in [6.45, 7) is 6.16. The summed E-state index contributed by atoms with van der Waals surface area (Å²) in [6, 6.07) is 9.73. The second-order valence-electron chi connectivity index (χ2n) is 13.5. The van der Waals surface area contributed by atoms with Gasteiger partial charge in [0.2, 0.25) is 0 Å². The number of β-amino-alcohol motifs (C(OH)–C–C–N with tert-alkyl or cyclic N) is 1. The first-order chi connectivity index (χ1) is 17.3. The number of allylic oxidation sites excluding steroid dienone is 1. The molecule has 6 atom stereocenters. The van der Waals surface area contributed by atoms with E-state index < -0.39 is 5.60 Å². The fraction of sp³-hybridized carbons (Fsp3) is 0.594. The molecule has 0 radical (unpaired) electrons. The van der Waals surface area contributed by atoms with Crippen LogP contribution in [0.25, 0.3) is 10.8 Å². The fourth-order valence-electron chi connectivity index (χ4n) is 9.65. The summed E-state index contributed by atoms with van der Waals surface area (Å²) in [5, 5.41) is 12.9. The van der Waals surface area contributed by atoms with Crippen molar-refractivity contribution in [3.63, 3.8) is 0 Å². The van der Waals surface area contributed by atoms with Gasteiger partial charge in [-0.05, 0) is 110 Å². The van der Waals surface area contributed by atoms with Crippen molar-refractivity contribution in [1.29, 1.82) is 0 Å². The maximum absolute atomic E-state index is 10.3. The second kappa shape index (κ2) is 7.09. The third kappa shape index (κ3) is 2.84. The zero-order valence-corrected chi connectivity index (χ0v) is 21.7. The number of likely N-dealkylation sites (tertiary alicyclic amines) is 1. The van der Waals surface area contributed by atoms with E-state index in [2.05, 4.69) is 53.2 Å². The minimum atomic E-state index is -0.503. The summed E-state index contributed by atoms with van der Waals surface area (Å²) < 4.78 is 7.48. The smallest absolute Gasteiger partial charge is 0.0974 e. The third-order valence-corrected chi connectivity index (χ3v) is 11.3. The molecule has 4 heteroatoms. The molecule has 1 aromatic heterocycles. The molecule has 4 heterocycles. The van der Waals surface area contributed by atoms with E-state index in [1.165, 1.54) is 41.2 Å². The highest BCUT2D eigenvalue weighted by Gasteiger charge is 2.66. The minimum Gasteiger partial charge on any atom is -0.388 e. The molecule has 188 valence electrons. The van der Waals surface area contributed by atoms with E-state index in [-0.39, 0.29) is 16.6 Å². The molecular weight excluding hydrogens is 444 g/mol. The van der Waals surface area contributed by atoms with E-state index in [1.807, 2.05) is 19.3 Å². The summed E-state index contributed by atoms with van der Waals surface area (Å²) in [5.74, 6) is 1.13. The van der Waals surface area contributed by atoms with E-state index in [0.29, 0.717) is 17.9 Å². The van der Waals surface area contributed by atoms with Gasteiger partial charge in [0.15, 0.2) is 0 Å². The van der Waals surface area contributed by atoms with Crippen LogP contribution in [0.1, 0.15) is 76.7 Å². The molecule has 6 aliphatic rings. The van der Waals surface area contributed by atoms with Crippen molar-refractivity contribution < 1.29 is 9.84 Å². The average Bonchev–Trinajstić information content (AvgIpc) is 3.37. The molecule has 0 amide bonds. The Labute approximate surface area is 214 Å². The molecule has 36 heavy (non-hydrogen) atoms. The predicted molar refractivity (Wildman–Crippen MR) is 142 cm³/mol. The van der Waals surface area contributed by atoms with Crippen molar-refractivity contribution in [1.82, 2.24) is 9.88 Å². The van der Waals surface area contributed by atoms with Gasteiger partial charge in [0, 0.05) is 36.9 Å². The van der Waals surface area contributed by atoms with Gasteiger partial charge in [-0.15, -0.1) is 0 Å². The first-order valence-electron chi connectivity index (χ1n) is 14.2. The lowest BCUT2D eigenvalue weighted by Gasteiger charge is -2.56. The standard InChI is InChI=1S/C32H38N2O2/c1-29(35)19-34(20-29)26-6-5-24-16-25-9-11-30(2)27(22-4-3-21-10-14-33-18-23(21)15-22)7-8-28(30)32(25)13-12-31(24,17-26)36-32/h3-4,9-10,14-16,18,26-28,35H,5-8,11-13,17,19-20H2,1-2H3. The number of hydrogen-bond donors (Lipinski definition) is 1. The van der Waals surface area contributed by atoms with Crippen molar-refractivity contribution in [3.8, 4) is 0 Å². The van der Waals surface area contributed by atoms with Crippen LogP contribution in [0, 0.1) is 11.3 Å². The van der Waals surface area contributed by atoms with Crippen molar-refractivity contribution in [2.24, 2.45) is 11.3 Å². The van der Waals surface area contributed by atoms with E-state index in [0.717, 1.165) is 45.2 Å². The van der Waals surface area contributed by atoms with Crippen LogP contribution in [-0.4, -0.2) is 50.9 Å². The van der Waals surface area contributed by atoms with E-state index in [9.17, 15) is 5.11 Å². The Kier molecular flexibility index (Phi) is 4.34. The van der Waals surface area contributed by atoms with Gasteiger partial charge in [-0.3, -0.25) is 9.88 Å². The van der Waals surface area contributed by atoms with Crippen LogP contribution in [0.15, 0.2) is 60.0 Å². The number of rotatable bonds is 2. The first-order valence-corrected chi connectivity index (χ1v) is 14.2. The molecule has 8 rings (SSSR count). The van der Waals surface area contributed by atoms with Gasteiger partial charge in [0.25, 0.3) is 0 Å². The molecule has 4 nitrogen and oxygen atoms in total. The van der Waals surface area contributed by atoms with Gasteiger partial charge in [0.1, 0.15) is 0 Å². The fourth-order valence-corrected chi connectivity index (χ4v) is 9.65. The van der Waals surface area contributed by atoms with Crippen LogP contribution in [0.5, 0.6) is 0 Å². The van der Waals surface area contributed by atoms with Crippen molar-refractivity contribution in [3.05, 3.63) is 65.5 Å². The second-order valence-corrected chi connectivity index (χ2v) is 13.5. The topological polar surface area (TPSA) is 45.6 Å².